The molecule has 1 aliphatic rings. The molecule has 0 N–H and O–H groups in total. The molecule has 0 unspecified atom stereocenters. The average molecular weight is 470 g/mol. The van der Waals surface area contributed by atoms with E-state index in [-0.39, 0.29) is 17.6 Å². The Morgan fingerprint density at radius 2 is 1.74 bits per heavy atom. The first-order chi connectivity index (χ1) is 17.1. The number of carbonyl (C=O) groups excluding carboxylic acids is 2. The van der Waals surface area contributed by atoms with Gasteiger partial charge in [-0.3, -0.25) is 9.59 Å². The first-order valence-corrected chi connectivity index (χ1v) is 11.7. The van der Waals surface area contributed by atoms with Crippen molar-refractivity contribution in [1.82, 2.24) is 14.3 Å². The van der Waals surface area contributed by atoms with Crippen molar-refractivity contribution in [2.75, 3.05) is 20.2 Å². The van der Waals surface area contributed by atoms with Crippen LogP contribution < -0.4 is 9.47 Å². The van der Waals surface area contributed by atoms with Crippen LogP contribution in [0.3, 0.4) is 0 Å². The van der Waals surface area contributed by atoms with Crippen LogP contribution in [0.25, 0.3) is 5.65 Å². The van der Waals surface area contributed by atoms with E-state index >= 15 is 0 Å². The van der Waals surface area contributed by atoms with Gasteiger partial charge in [0.25, 0.3) is 5.91 Å². The summed E-state index contributed by atoms with van der Waals surface area (Å²) in [5.41, 5.74) is 2.95. The van der Waals surface area contributed by atoms with E-state index in [0.717, 1.165) is 17.1 Å². The van der Waals surface area contributed by atoms with Crippen LogP contribution in [0.1, 0.15) is 39.3 Å². The maximum absolute atomic E-state index is 13.1. The maximum Gasteiger partial charge on any atom is 0.253 e. The number of rotatable bonds is 7. The van der Waals surface area contributed by atoms with Gasteiger partial charge in [-0.2, -0.15) is 0 Å². The van der Waals surface area contributed by atoms with E-state index in [2.05, 4.69) is 4.98 Å². The molecule has 0 spiro atoms. The summed E-state index contributed by atoms with van der Waals surface area (Å²) in [5.74, 6) is 1.36. The number of aromatic nitrogens is 2. The lowest BCUT2D eigenvalue weighted by atomic mass is 9.88. The van der Waals surface area contributed by atoms with Gasteiger partial charge in [0.05, 0.1) is 12.8 Å². The van der Waals surface area contributed by atoms with Gasteiger partial charge < -0.3 is 18.8 Å². The summed E-state index contributed by atoms with van der Waals surface area (Å²) >= 11 is 0. The molecule has 0 aliphatic carbocycles. The number of ketones is 1. The number of pyridine rings is 1. The van der Waals surface area contributed by atoms with Crippen molar-refractivity contribution in [3.8, 4) is 11.5 Å². The van der Waals surface area contributed by atoms with E-state index in [4.69, 9.17) is 9.47 Å². The fourth-order valence-corrected chi connectivity index (χ4v) is 4.45. The summed E-state index contributed by atoms with van der Waals surface area (Å²) in [5, 5.41) is 0. The Bertz CT molecular complexity index is 1300. The molecule has 2 aromatic carbocycles. The van der Waals surface area contributed by atoms with Gasteiger partial charge in [-0.1, -0.05) is 12.1 Å². The molecular weight excluding hydrogens is 442 g/mol. The third-order valence-corrected chi connectivity index (χ3v) is 6.41. The normalized spacial score (nSPS) is 14.1. The molecule has 7 heteroatoms. The third-order valence-electron chi connectivity index (χ3n) is 6.41. The number of imidazole rings is 1. The van der Waals surface area contributed by atoms with Gasteiger partial charge in [0.2, 0.25) is 0 Å². The second-order valence-electron chi connectivity index (χ2n) is 8.67. The van der Waals surface area contributed by atoms with Crippen molar-refractivity contribution in [2.24, 2.45) is 5.92 Å². The van der Waals surface area contributed by atoms with Crippen LogP contribution in [-0.2, 0) is 6.61 Å². The number of hydrogen-bond acceptors (Lipinski definition) is 5. The van der Waals surface area contributed by atoms with Crippen molar-refractivity contribution >= 4 is 17.3 Å². The molecule has 4 aromatic rings. The monoisotopic (exact) mass is 469 g/mol. The van der Waals surface area contributed by atoms with Crippen LogP contribution >= 0.6 is 0 Å². The van der Waals surface area contributed by atoms with Gasteiger partial charge in [0.15, 0.2) is 5.78 Å². The standard InChI is InChI=1S/C28H27N3O4/c1-34-24-10-8-20(9-11-24)27(32)21-12-15-30(16-13-21)28(33)22-5-4-6-25(17-22)35-19-23-18-31-14-3-2-7-26(31)29-23/h2-11,14,17-18,21H,12-13,15-16,19H2,1H3. The van der Waals surface area contributed by atoms with Crippen molar-refractivity contribution in [3.05, 3.63) is 95.9 Å². The minimum atomic E-state index is -0.0764. The van der Waals surface area contributed by atoms with Crippen molar-refractivity contribution < 1.29 is 19.1 Å². The van der Waals surface area contributed by atoms with E-state index in [1.165, 1.54) is 0 Å². The molecule has 1 amide bonds. The highest BCUT2D eigenvalue weighted by Crippen LogP contribution is 2.25. The Balaban J connectivity index is 1.17. The lowest BCUT2D eigenvalue weighted by Crippen LogP contribution is -2.40. The van der Waals surface area contributed by atoms with Gasteiger partial charge in [-0.05, 0) is 67.4 Å². The molecule has 178 valence electrons. The Morgan fingerprint density at radius 3 is 2.49 bits per heavy atom. The van der Waals surface area contributed by atoms with E-state index in [9.17, 15) is 9.59 Å². The molecule has 1 fully saturated rings. The van der Waals surface area contributed by atoms with E-state index in [1.54, 1.807) is 43.5 Å². The topological polar surface area (TPSA) is 73.1 Å². The van der Waals surface area contributed by atoms with Crippen LogP contribution in [-0.4, -0.2) is 46.2 Å². The molecular formula is C28H27N3O4. The number of Topliss-reactive ketones (excluding diaryl/α,β-unsaturated/α-hetero) is 1. The third kappa shape index (κ3) is 5.04. The zero-order valence-corrected chi connectivity index (χ0v) is 19.6. The summed E-state index contributed by atoms with van der Waals surface area (Å²) in [7, 11) is 1.60. The molecule has 0 saturated carbocycles. The number of piperidine rings is 1. The average Bonchev–Trinajstić information content (AvgIpc) is 3.34. The lowest BCUT2D eigenvalue weighted by Gasteiger charge is -2.31. The van der Waals surface area contributed by atoms with Gasteiger partial charge in [0, 0.05) is 42.5 Å². The number of ether oxygens (including phenoxy) is 2. The molecule has 5 rings (SSSR count). The first kappa shape index (κ1) is 22.7. The van der Waals surface area contributed by atoms with E-state index < -0.39 is 0 Å². The molecule has 35 heavy (non-hydrogen) atoms. The van der Waals surface area contributed by atoms with E-state index in [1.807, 2.05) is 52.0 Å². The van der Waals surface area contributed by atoms with Crippen LogP contribution in [0.15, 0.2) is 79.1 Å². The van der Waals surface area contributed by atoms with Gasteiger partial charge in [0.1, 0.15) is 23.8 Å². The summed E-state index contributed by atoms with van der Waals surface area (Å²) in [6.07, 6.45) is 5.18. The van der Waals surface area contributed by atoms with Crippen LogP contribution in [0, 0.1) is 5.92 Å². The number of nitrogens with zero attached hydrogens (tertiary/aromatic N) is 3. The van der Waals surface area contributed by atoms with Crippen LogP contribution in [0.4, 0.5) is 0 Å². The number of hydrogen-bond donors (Lipinski definition) is 0. The Kier molecular flexibility index (Phi) is 6.48. The number of likely N-dealkylation sites (tertiary alicyclic amines) is 1. The smallest absolute Gasteiger partial charge is 0.253 e. The Hall–Kier alpha value is -4.13. The summed E-state index contributed by atoms with van der Waals surface area (Å²) < 4.78 is 13.0. The first-order valence-electron chi connectivity index (χ1n) is 11.7. The Labute approximate surface area is 203 Å². The van der Waals surface area contributed by atoms with E-state index in [0.29, 0.717) is 49.4 Å². The molecule has 0 radical (unpaired) electrons. The largest absolute Gasteiger partial charge is 0.497 e. The van der Waals surface area contributed by atoms with Crippen molar-refractivity contribution in [3.63, 3.8) is 0 Å². The van der Waals surface area contributed by atoms with Crippen molar-refractivity contribution in [1.29, 1.82) is 0 Å². The van der Waals surface area contributed by atoms with Crippen LogP contribution in [0.5, 0.6) is 11.5 Å². The minimum Gasteiger partial charge on any atom is -0.497 e. The highest BCUT2D eigenvalue weighted by atomic mass is 16.5. The van der Waals surface area contributed by atoms with Gasteiger partial charge in [-0.25, -0.2) is 4.98 Å². The fourth-order valence-electron chi connectivity index (χ4n) is 4.45. The maximum atomic E-state index is 13.1. The summed E-state index contributed by atoms with van der Waals surface area (Å²) in [6.45, 7) is 1.42. The van der Waals surface area contributed by atoms with Gasteiger partial charge >= 0.3 is 0 Å². The summed E-state index contributed by atoms with van der Waals surface area (Å²) in [4.78, 5) is 32.3. The number of benzene rings is 2. The zero-order chi connectivity index (χ0) is 24.2. The van der Waals surface area contributed by atoms with Crippen LogP contribution in [0.2, 0.25) is 0 Å². The predicted octanol–water partition coefficient (Wildman–Crippen LogP) is 4.66. The highest BCUT2D eigenvalue weighted by Gasteiger charge is 2.28. The second kappa shape index (κ2) is 10.0. The minimum absolute atomic E-state index is 0.0430. The molecule has 7 nitrogen and oxygen atoms in total. The van der Waals surface area contributed by atoms with Gasteiger partial charge in [-0.15, -0.1) is 0 Å². The lowest BCUT2D eigenvalue weighted by molar-refractivity contribution is 0.0650. The fraction of sp³-hybridized carbons (Fsp3) is 0.250. The quantitative estimate of drug-likeness (QED) is 0.368. The SMILES string of the molecule is COc1ccc(C(=O)C2CCN(C(=O)c3cccc(OCc4cn5ccccc5n4)c3)CC2)cc1. The number of carbonyl (C=O) groups is 2. The number of amides is 1. The zero-order valence-electron chi connectivity index (χ0n) is 19.6. The molecule has 1 aliphatic heterocycles. The predicted molar refractivity (Wildman–Crippen MR) is 132 cm³/mol. The molecule has 3 heterocycles. The molecule has 0 bridgehead atoms. The highest BCUT2D eigenvalue weighted by molar-refractivity contribution is 5.98. The molecule has 1 saturated heterocycles. The molecule has 0 atom stereocenters. The number of fused-ring (bicyclic) bond motifs is 1. The molecule has 2 aromatic heterocycles. The Morgan fingerprint density at radius 1 is 0.943 bits per heavy atom. The second-order valence-corrected chi connectivity index (χ2v) is 8.67. The summed E-state index contributed by atoms with van der Waals surface area (Å²) in [6, 6.07) is 20.3. The number of methoxy groups -OCH3 is 1. The van der Waals surface area contributed by atoms with Crippen molar-refractivity contribution in [2.45, 2.75) is 19.4 Å².